The van der Waals surface area contributed by atoms with Crippen molar-refractivity contribution in [2.45, 2.75) is 46.2 Å². The average Bonchev–Trinajstić information content (AvgIpc) is 2.84. The number of benzene rings is 1. The first-order chi connectivity index (χ1) is 9.33. The zero-order valence-corrected chi connectivity index (χ0v) is 12.0. The SMILES string of the molecule is CCCCN(CCCC)Cn1nc2ccccc2n1. The molecule has 104 valence electrons. The van der Waals surface area contributed by atoms with Crippen LogP contribution in [0.15, 0.2) is 24.3 Å². The summed E-state index contributed by atoms with van der Waals surface area (Å²) in [7, 11) is 0. The molecule has 0 unspecified atom stereocenters. The highest BCUT2D eigenvalue weighted by Crippen LogP contribution is 2.08. The molecular weight excluding hydrogens is 236 g/mol. The molecule has 4 heteroatoms. The zero-order chi connectivity index (χ0) is 13.5. The number of hydrogen-bond acceptors (Lipinski definition) is 3. The molecule has 2 aromatic rings. The Morgan fingerprint density at radius 2 is 1.47 bits per heavy atom. The second-order valence-electron chi connectivity index (χ2n) is 5.03. The Morgan fingerprint density at radius 3 is 1.95 bits per heavy atom. The number of fused-ring (bicyclic) bond motifs is 1. The molecule has 0 atom stereocenters. The van der Waals surface area contributed by atoms with Gasteiger partial charge < -0.3 is 0 Å². The fourth-order valence-corrected chi connectivity index (χ4v) is 2.16. The fraction of sp³-hybridized carbons (Fsp3) is 0.600. The summed E-state index contributed by atoms with van der Waals surface area (Å²) >= 11 is 0. The molecule has 4 nitrogen and oxygen atoms in total. The van der Waals surface area contributed by atoms with Gasteiger partial charge in [-0.05, 0) is 38.1 Å². The van der Waals surface area contributed by atoms with Crippen molar-refractivity contribution in [1.29, 1.82) is 0 Å². The fourth-order valence-electron chi connectivity index (χ4n) is 2.16. The third-order valence-electron chi connectivity index (χ3n) is 3.31. The number of aromatic nitrogens is 3. The van der Waals surface area contributed by atoms with Crippen LogP contribution in [-0.2, 0) is 6.67 Å². The summed E-state index contributed by atoms with van der Waals surface area (Å²) in [6, 6.07) is 8.04. The molecule has 0 fully saturated rings. The summed E-state index contributed by atoms with van der Waals surface area (Å²) in [5.41, 5.74) is 1.96. The summed E-state index contributed by atoms with van der Waals surface area (Å²) in [5.74, 6) is 0. The lowest BCUT2D eigenvalue weighted by molar-refractivity contribution is 0.189. The smallest absolute Gasteiger partial charge is 0.113 e. The Morgan fingerprint density at radius 1 is 0.947 bits per heavy atom. The van der Waals surface area contributed by atoms with Crippen LogP contribution in [0.5, 0.6) is 0 Å². The van der Waals surface area contributed by atoms with Crippen molar-refractivity contribution in [2.24, 2.45) is 0 Å². The molecule has 19 heavy (non-hydrogen) atoms. The van der Waals surface area contributed by atoms with E-state index in [-0.39, 0.29) is 0 Å². The van der Waals surface area contributed by atoms with Gasteiger partial charge in [-0.25, -0.2) is 0 Å². The van der Waals surface area contributed by atoms with Crippen LogP contribution in [0.2, 0.25) is 0 Å². The van der Waals surface area contributed by atoms with E-state index < -0.39 is 0 Å². The number of unbranched alkanes of at least 4 members (excludes halogenated alkanes) is 2. The zero-order valence-electron chi connectivity index (χ0n) is 12.0. The van der Waals surface area contributed by atoms with Crippen LogP contribution < -0.4 is 0 Å². The first-order valence-corrected chi connectivity index (χ1v) is 7.35. The summed E-state index contributed by atoms with van der Waals surface area (Å²) in [6.07, 6.45) is 4.95. The molecule has 0 bridgehead atoms. The maximum absolute atomic E-state index is 4.53. The lowest BCUT2D eigenvalue weighted by Gasteiger charge is -2.20. The summed E-state index contributed by atoms with van der Waals surface area (Å²) in [6.45, 7) is 7.54. The molecular formula is C15H24N4. The molecule has 0 radical (unpaired) electrons. The molecule has 0 spiro atoms. The van der Waals surface area contributed by atoms with E-state index in [2.05, 4.69) is 28.9 Å². The lowest BCUT2D eigenvalue weighted by atomic mass is 10.3. The van der Waals surface area contributed by atoms with Gasteiger partial charge in [-0.2, -0.15) is 15.0 Å². The van der Waals surface area contributed by atoms with Crippen molar-refractivity contribution < 1.29 is 0 Å². The van der Waals surface area contributed by atoms with Crippen molar-refractivity contribution >= 4 is 11.0 Å². The molecule has 2 rings (SSSR count). The van der Waals surface area contributed by atoms with E-state index in [0.29, 0.717) is 0 Å². The molecule has 0 amide bonds. The maximum atomic E-state index is 4.53. The van der Waals surface area contributed by atoms with Crippen LogP contribution in [0.1, 0.15) is 39.5 Å². The molecule has 0 N–H and O–H groups in total. The monoisotopic (exact) mass is 260 g/mol. The first kappa shape index (κ1) is 14.0. The minimum Gasteiger partial charge on any atom is -0.283 e. The summed E-state index contributed by atoms with van der Waals surface area (Å²) < 4.78 is 0. The van der Waals surface area contributed by atoms with E-state index >= 15 is 0 Å². The van der Waals surface area contributed by atoms with Gasteiger partial charge in [-0.3, -0.25) is 4.90 Å². The molecule has 0 aliphatic heterocycles. The van der Waals surface area contributed by atoms with Crippen molar-refractivity contribution in [3.63, 3.8) is 0 Å². The van der Waals surface area contributed by atoms with E-state index in [1.807, 2.05) is 29.1 Å². The van der Waals surface area contributed by atoms with Crippen LogP contribution in [-0.4, -0.2) is 33.0 Å². The van der Waals surface area contributed by atoms with E-state index in [9.17, 15) is 0 Å². The predicted octanol–water partition coefficient (Wildman–Crippen LogP) is 3.29. The minimum absolute atomic E-state index is 0.800. The van der Waals surface area contributed by atoms with Crippen molar-refractivity contribution in [1.82, 2.24) is 19.9 Å². The molecule has 0 saturated heterocycles. The molecule has 1 aromatic heterocycles. The highest BCUT2D eigenvalue weighted by molar-refractivity contribution is 5.72. The van der Waals surface area contributed by atoms with Crippen LogP contribution in [0.3, 0.4) is 0 Å². The third kappa shape index (κ3) is 4.03. The number of nitrogens with zero attached hydrogens (tertiary/aromatic N) is 4. The quantitative estimate of drug-likeness (QED) is 0.730. The van der Waals surface area contributed by atoms with Gasteiger partial charge >= 0.3 is 0 Å². The van der Waals surface area contributed by atoms with Crippen molar-refractivity contribution in [3.05, 3.63) is 24.3 Å². The average molecular weight is 260 g/mol. The molecule has 1 aromatic carbocycles. The Hall–Kier alpha value is -1.42. The van der Waals surface area contributed by atoms with Crippen LogP contribution in [0, 0.1) is 0 Å². The van der Waals surface area contributed by atoms with Crippen molar-refractivity contribution in [2.75, 3.05) is 13.1 Å². The summed E-state index contributed by atoms with van der Waals surface area (Å²) in [4.78, 5) is 4.28. The highest BCUT2D eigenvalue weighted by atomic mass is 15.5. The van der Waals surface area contributed by atoms with Gasteiger partial charge in [0.2, 0.25) is 0 Å². The van der Waals surface area contributed by atoms with Gasteiger partial charge in [0.15, 0.2) is 0 Å². The maximum Gasteiger partial charge on any atom is 0.113 e. The Kier molecular flexibility index (Phi) is 5.33. The van der Waals surface area contributed by atoms with Gasteiger partial charge in [-0.1, -0.05) is 38.8 Å². The van der Waals surface area contributed by atoms with E-state index in [1.165, 1.54) is 25.7 Å². The van der Waals surface area contributed by atoms with Gasteiger partial charge in [-0.15, -0.1) is 0 Å². The molecule has 0 aliphatic carbocycles. The lowest BCUT2D eigenvalue weighted by Crippen LogP contribution is -2.29. The Balaban J connectivity index is 2.01. The van der Waals surface area contributed by atoms with Gasteiger partial charge in [0.1, 0.15) is 17.7 Å². The Labute approximate surface area is 115 Å². The number of hydrogen-bond donors (Lipinski definition) is 0. The highest BCUT2D eigenvalue weighted by Gasteiger charge is 2.07. The Bertz CT molecular complexity index is 451. The second kappa shape index (κ2) is 7.24. The summed E-state index contributed by atoms with van der Waals surface area (Å²) in [5, 5.41) is 9.07. The third-order valence-corrected chi connectivity index (χ3v) is 3.31. The normalized spacial score (nSPS) is 11.5. The molecule has 0 saturated carbocycles. The molecule has 1 heterocycles. The topological polar surface area (TPSA) is 34.0 Å². The van der Waals surface area contributed by atoms with Gasteiger partial charge in [0.05, 0.1) is 0 Å². The standard InChI is InChI=1S/C15H24N4/c1-3-5-11-18(12-6-4-2)13-19-16-14-9-7-8-10-15(14)17-19/h7-10H,3-6,11-13H2,1-2H3. The molecule has 0 aliphatic rings. The predicted molar refractivity (Wildman–Crippen MR) is 78.9 cm³/mol. The van der Waals surface area contributed by atoms with Crippen LogP contribution in [0.25, 0.3) is 11.0 Å². The largest absolute Gasteiger partial charge is 0.283 e. The van der Waals surface area contributed by atoms with Crippen LogP contribution >= 0.6 is 0 Å². The first-order valence-electron chi connectivity index (χ1n) is 7.35. The number of rotatable bonds is 8. The van der Waals surface area contributed by atoms with Gasteiger partial charge in [0.25, 0.3) is 0 Å². The second-order valence-corrected chi connectivity index (χ2v) is 5.03. The van der Waals surface area contributed by atoms with E-state index in [4.69, 9.17) is 0 Å². The van der Waals surface area contributed by atoms with E-state index in [0.717, 1.165) is 30.8 Å². The van der Waals surface area contributed by atoms with E-state index in [1.54, 1.807) is 0 Å². The minimum atomic E-state index is 0.800. The van der Waals surface area contributed by atoms with Crippen molar-refractivity contribution in [3.8, 4) is 0 Å². The van der Waals surface area contributed by atoms with Gasteiger partial charge in [0, 0.05) is 0 Å². The van der Waals surface area contributed by atoms with Crippen LogP contribution in [0.4, 0.5) is 0 Å².